The summed E-state index contributed by atoms with van der Waals surface area (Å²) < 4.78 is 0. The van der Waals surface area contributed by atoms with Crippen molar-refractivity contribution in [3.63, 3.8) is 0 Å². The average Bonchev–Trinajstić information content (AvgIpc) is 2.96. The second kappa shape index (κ2) is 5.54. The molecule has 0 aromatic carbocycles. The van der Waals surface area contributed by atoms with E-state index < -0.39 is 5.91 Å². The molecular weight excluding hydrogens is 292 g/mol. The van der Waals surface area contributed by atoms with Gasteiger partial charge in [-0.2, -0.15) is 0 Å². The van der Waals surface area contributed by atoms with Crippen molar-refractivity contribution in [1.82, 2.24) is 20.3 Å². The number of carbonyl (C=O) groups is 1. The number of hydrogen-bond acceptors (Lipinski definition) is 5. The number of likely N-dealkylation sites (N-methyl/N-ethyl adjacent to an activating group) is 1. The molecule has 2 fully saturated rings. The zero-order valence-electron chi connectivity index (χ0n) is 13.6. The van der Waals surface area contributed by atoms with Crippen LogP contribution in [-0.2, 0) is 13.0 Å². The maximum absolute atomic E-state index is 11.5. The summed E-state index contributed by atoms with van der Waals surface area (Å²) in [5, 5.41) is 8.75. The molecule has 2 N–H and O–H groups in total. The van der Waals surface area contributed by atoms with Crippen molar-refractivity contribution in [2.24, 2.45) is 0 Å². The highest BCUT2D eigenvalue weighted by Gasteiger charge is 2.54. The normalized spacial score (nSPS) is 31.0. The molecule has 6 heteroatoms. The summed E-state index contributed by atoms with van der Waals surface area (Å²) in [4.78, 5) is 21.2. The number of aromatic nitrogens is 1. The molecule has 2 atom stereocenters. The van der Waals surface area contributed by atoms with Crippen LogP contribution in [0.4, 0.5) is 0 Å². The largest absolute Gasteiger partial charge is 0.299 e. The van der Waals surface area contributed by atoms with Gasteiger partial charge in [0.15, 0.2) is 0 Å². The Morgan fingerprint density at radius 1 is 1.43 bits per heavy atom. The topological polar surface area (TPSA) is 68.7 Å². The van der Waals surface area contributed by atoms with Crippen molar-refractivity contribution >= 4 is 5.91 Å². The highest BCUT2D eigenvalue weighted by atomic mass is 16.5. The highest BCUT2D eigenvalue weighted by Crippen LogP contribution is 2.48. The Morgan fingerprint density at radius 3 is 2.96 bits per heavy atom. The van der Waals surface area contributed by atoms with Crippen molar-refractivity contribution in [2.45, 2.75) is 50.2 Å². The number of nitrogens with one attached hydrogen (secondary N) is 1. The van der Waals surface area contributed by atoms with Crippen LogP contribution in [0, 0.1) is 0 Å². The first-order chi connectivity index (χ1) is 11.1. The van der Waals surface area contributed by atoms with Crippen molar-refractivity contribution in [3.8, 4) is 0 Å². The Morgan fingerprint density at radius 2 is 2.30 bits per heavy atom. The van der Waals surface area contributed by atoms with Gasteiger partial charge >= 0.3 is 0 Å². The molecule has 1 aromatic rings. The predicted molar refractivity (Wildman–Crippen MR) is 85.2 cm³/mol. The fourth-order valence-corrected chi connectivity index (χ4v) is 4.79. The first kappa shape index (κ1) is 15.1. The third-order valence-electron chi connectivity index (χ3n) is 6.22. The zero-order chi connectivity index (χ0) is 16.0. The van der Waals surface area contributed by atoms with Gasteiger partial charge < -0.3 is 0 Å². The molecular formula is C17H24N4O2. The standard InChI is InChI=1S/C17H24N4O2/c1-20-7-2-5-17(20)6-3-15(17)21-8-4-12-9-13(16(22)19-23)10-18-14(12)11-21/h9-10,15,23H,2-8,11H2,1H3,(H,19,22)/t15-,17+/m1/s1. The first-order valence-electron chi connectivity index (χ1n) is 8.51. The fraction of sp³-hybridized carbons (Fsp3) is 0.647. The summed E-state index contributed by atoms with van der Waals surface area (Å²) in [6.07, 6.45) is 7.72. The van der Waals surface area contributed by atoms with Gasteiger partial charge in [0.05, 0.1) is 11.3 Å². The molecule has 1 amide bonds. The molecule has 6 nitrogen and oxygen atoms in total. The van der Waals surface area contributed by atoms with Crippen molar-refractivity contribution < 1.29 is 10.0 Å². The minimum atomic E-state index is -0.492. The van der Waals surface area contributed by atoms with Crippen LogP contribution in [0.3, 0.4) is 0 Å². The minimum Gasteiger partial charge on any atom is -0.299 e. The second-order valence-corrected chi connectivity index (χ2v) is 7.17. The lowest BCUT2D eigenvalue weighted by molar-refractivity contribution is -0.0465. The maximum atomic E-state index is 11.5. The van der Waals surface area contributed by atoms with Crippen LogP contribution < -0.4 is 5.48 Å². The van der Waals surface area contributed by atoms with Crippen LogP contribution in [0.1, 0.15) is 47.3 Å². The molecule has 0 bridgehead atoms. The summed E-state index contributed by atoms with van der Waals surface area (Å²) in [6.45, 7) is 3.12. The smallest absolute Gasteiger partial charge is 0.276 e. The number of pyridine rings is 1. The van der Waals surface area contributed by atoms with Crippen molar-refractivity contribution in [3.05, 3.63) is 29.1 Å². The summed E-state index contributed by atoms with van der Waals surface area (Å²) in [7, 11) is 2.27. The number of carbonyl (C=O) groups excluding carboxylic acids is 1. The molecule has 0 radical (unpaired) electrons. The van der Waals surface area contributed by atoms with E-state index in [4.69, 9.17) is 5.21 Å². The predicted octanol–water partition coefficient (Wildman–Crippen LogP) is 1.19. The van der Waals surface area contributed by atoms with Gasteiger partial charge in [0.2, 0.25) is 0 Å². The number of hydroxylamine groups is 1. The van der Waals surface area contributed by atoms with Gasteiger partial charge in [0, 0.05) is 30.9 Å². The minimum absolute atomic E-state index is 0.397. The zero-order valence-corrected chi connectivity index (χ0v) is 13.6. The summed E-state index contributed by atoms with van der Waals surface area (Å²) >= 11 is 0. The third-order valence-corrected chi connectivity index (χ3v) is 6.22. The summed E-state index contributed by atoms with van der Waals surface area (Å²) in [5.74, 6) is -0.492. The number of rotatable bonds is 2. The van der Waals surface area contributed by atoms with Crippen molar-refractivity contribution in [2.75, 3.05) is 20.1 Å². The van der Waals surface area contributed by atoms with E-state index >= 15 is 0 Å². The Hall–Kier alpha value is -1.50. The second-order valence-electron chi connectivity index (χ2n) is 7.17. The van der Waals surface area contributed by atoms with Gasteiger partial charge in [-0.3, -0.25) is 24.8 Å². The molecule has 124 valence electrons. The van der Waals surface area contributed by atoms with E-state index in [0.29, 0.717) is 17.1 Å². The number of amides is 1. The number of hydrogen-bond donors (Lipinski definition) is 2. The van der Waals surface area contributed by atoms with Crippen LogP contribution in [-0.4, -0.2) is 57.6 Å². The Balaban J connectivity index is 1.52. The fourth-order valence-electron chi connectivity index (χ4n) is 4.79. The maximum Gasteiger partial charge on any atom is 0.276 e. The van der Waals surface area contributed by atoms with Crippen LogP contribution in [0.15, 0.2) is 12.3 Å². The van der Waals surface area contributed by atoms with Gasteiger partial charge in [-0.05, 0) is 57.3 Å². The van der Waals surface area contributed by atoms with Gasteiger partial charge in [-0.25, -0.2) is 5.48 Å². The van der Waals surface area contributed by atoms with E-state index in [-0.39, 0.29) is 0 Å². The molecule has 1 aliphatic carbocycles. The van der Waals surface area contributed by atoms with Gasteiger partial charge in [0.25, 0.3) is 5.91 Å². The Kier molecular flexibility index (Phi) is 3.63. The highest BCUT2D eigenvalue weighted by molar-refractivity contribution is 5.93. The van der Waals surface area contributed by atoms with Crippen LogP contribution in [0.2, 0.25) is 0 Å². The molecule has 1 saturated heterocycles. The molecule has 0 unspecified atom stereocenters. The quantitative estimate of drug-likeness (QED) is 0.633. The van der Waals surface area contributed by atoms with E-state index in [9.17, 15) is 4.79 Å². The van der Waals surface area contributed by atoms with Crippen LogP contribution in [0.5, 0.6) is 0 Å². The molecule has 1 saturated carbocycles. The SMILES string of the molecule is CN1CCC[C@@]12CC[C@H]2N1CCc2cc(C(=O)NO)cnc2C1. The van der Waals surface area contributed by atoms with Crippen LogP contribution in [0.25, 0.3) is 0 Å². The van der Waals surface area contributed by atoms with Crippen molar-refractivity contribution in [1.29, 1.82) is 0 Å². The van der Waals surface area contributed by atoms with Gasteiger partial charge in [-0.1, -0.05) is 0 Å². The molecule has 2 aliphatic heterocycles. The Bertz CT molecular complexity index is 635. The lowest BCUT2D eigenvalue weighted by Gasteiger charge is -2.56. The van der Waals surface area contributed by atoms with Gasteiger partial charge in [0.1, 0.15) is 0 Å². The molecule has 4 rings (SSSR count). The monoisotopic (exact) mass is 316 g/mol. The average molecular weight is 316 g/mol. The van der Waals surface area contributed by atoms with E-state index in [1.54, 1.807) is 11.7 Å². The summed E-state index contributed by atoms with van der Waals surface area (Å²) in [5.41, 5.74) is 4.71. The summed E-state index contributed by atoms with van der Waals surface area (Å²) in [6, 6.07) is 2.51. The number of nitrogens with zero attached hydrogens (tertiary/aromatic N) is 3. The van der Waals surface area contributed by atoms with Gasteiger partial charge in [-0.15, -0.1) is 0 Å². The molecule has 1 aromatic heterocycles. The van der Waals surface area contributed by atoms with Crippen LogP contribution >= 0.6 is 0 Å². The van der Waals surface area contributed by atoms with E-state index in [2.05, 4.69) is 21.8 Å². The Labute approximate surface area is 136 Å². The first-order valence-corrected chi connectivity index (χ1v) is 8.51. The molecule has 3 aliphatic rings. The lowest BCUT2D eigenvalue weighted by atomic mass is 9.68. The molecule has 1 spiro atoms. The molecule has 3 heterocycles. The van der Waals surface area contributed by atoms with E-state index in [1.165, 1.54) is 32.2 Å². The number of likely N-dealkylation sites (tertiary alicyclic amines) is 1. The van der Waals surface area contributed by atoms with E-state index in [1.807, 2.05) is 6.07 Å². The lowest BCUT2D eigenvalue weighted by Crippen LogP contribution is -2.65. The molecule has 23 heavy (non-hydrogen) atoms. The third kappa shape index (κ3) is 2.28. The van der Waals surface area contributed by atoms with E-state index in [0.717, 1.165) is 30.8 Å². The number of fused-ring (bicyclic) bond motifs is 1.